The lowest BCUT2D eigenvalue weighted by atomic mass is 10.1. The molecule has 1 atom stereocenters. The van der Waals surface area contributed by atoms with Gasteiger partial charge >= 0.3 is 5.97 Å². The van der Waals surface area contributed by atoms with E-state index in [9.17, 15) is 4.79 Å². The molecule has 2 N–H and O–H groups in total. The van der Waals surface area contributed by atoms with Crippen molar-refractivity contribution in [3.63, 3.8) is 0 Å². The Kier molecular flexibility index (Phi) is 4.79. The van der Waals surface area contributed by atoms with Crippen LogP contribution in [0.15, 0.2) is 24.3 Å². The maximum Gasteiger partial charge on any atom is 0.344 e. The van der Waals surface area contributed by atoms with Crippen LogP contribution in [0.25, 0.3) is 0 Å². The zero-order valence-corrected chi connectivity index (χ0v) is 9.60. The molecule has 0 bridgehead atoms. The van der Waals surface area contributed by atoms with Crippen molar-refractivity contribution < 1.29 is 14.3 Å². The minimum Gasteiger partial charge on any atom is -0.482 e. The van der Waals surface area contributed by atoms with Crippen LogP contribution in [0.3, 0.4) is 0 Å². The smallest absolute Gasteiger partial charge is 0.344 e. The third-order valence-electron chi connectivity index (χ3n) is 2.05. The number of esters is 1. The summed E-state index contributed by atoms with van der Waals surface area (Å²) in [5, 5.41) is 0. The Bertz CT molecular complexity index is 350. The topological polar surface area (TPSA) is 61.5 Å². The van der Waals surface area contributed by atoms with Gasteiger partial charge in [-0.05, 0) is 31.5 Å². The van der Waals surface area contributed by atoms with Crippen LogP contribution in [0, 0.1) is 0 Å². The predicted octanol–water partition coefficient (Wildman–Crippen LogP) is 1.65. The number of carbonyl (C=O) groups is 1. The maximum absolute atomic E-state index is 11.1. The van der Waals surface area contributed by atoms with Gasteiger partial charge in [-0.2, -0.15) is 0 Å². The molecule has 0 saturated carbocycles. The van der Waals surface area contributed by atoms with Crippen molar-refractivity contribution >= 4 is 5.97 Å². The number of rotatable bonds is 5. The van der Waals surface area contributed by atoms with Crippen molar-refractivity contribution in [1.82, 2.24) is 0 Å². The van der Waals surface area contributed by atoms with Gasteiger partial charge in [0.2, 0.25) is 0 Å². The van der Waals surface area contributed by atoms with Crippen LogP contribution in [0.5, 0.6) is 5.75 Å². The standard InChI is InChI=1S/C12H17NO3/c1-3-15-12(14)8-16-11-6-4-5-10(7-11)9(2)13/h4-7,9H,3,8,13H2,1-2H3/t9-/m0/s1. The summed E-state index contributed by atoms with van der Waals surface area (Å²) in [4.78, 5) is 11.1. The van der Waals surface area contributed by atoms with Gasteiger partial charge in [-0.1, -0.05) is 12.1 Å². The molecule has 4 heteroatoms. The Balaban J connectivity index is 2.54. The van der Waals surface area contributed by atoms with Gasteiger partial charge in [0.15, 0.2) is 6.61 Å². The molecule has 0 aromatic heterocycles. The van der Waals surface area contributed by atoms with Crippen molar-refractivity contribution in [1.29, 1.82) is 0 Å². The second-order valence-electron chi connectivity index (χ2n) is 3.45. The number of hydrogen-bond acceptors (Lipinski definition) is 4. The second kappa shape index (κ2) is 6.12. The predicted molar refractivity (Wildman–Crippen MR) is 61.2 cm³/mol. The van der Waals surface area contributed by atoms with E-state index in [0.29, 0.717) is 12.4 Å². The fraction of sp³-hybridized carbons (Fsp3) is 0.417. The van der Waals surface area contributed by atoms with Crippen LogP contribution in [0.1, 0.15) is 25.5 Å². The van der Waals surface area contributed by atoms with E-state index in [2.05, 4.69) is 0 Å². The van der Waals surface area contributed by atoms with Crippen LogP contribution < -0.4 is 10.5 Å². The first-order valence-corrected chi connectivity index (χ1v) is 5.27. The third-order valence-corrected chi connectivity index (χ3v) is 2.05. The molecule has 1 rings (SSSR count). The highest BCUT2D eigenvalue weighted by Crippen LogP contribution is 2.17. The largest absolute Gasteiger partial charge is 0.482 e. The van der Waals surface area contributed by atoms with Crippen LogP contribution >= 0.6 is 0 Å². The Hall–Kier alpha value is -1.55. The van der Waals surface area contributed by atoms with E-state index in [-0.39, 0.29) is 18.6 Å². The molecule has 0 aliphatic heterocycles. The summed E-state index contributed by atoms with van der Waals surface area (Å²) in [6.45, 7) is 3.94. The number of carbonyl (C=O) groups excluding carboxylic acids is 1. The van der Waals surface area contributed by atoms with E-state index in [0.717, 1.165) is 5.56 Å². The number of hydrogen-bond donors (Lipinski definition) is 1. The van der Waals surface area contributed by atoms with Crippen molar-refractivity contribution in [2.45, 2.75) is 19.9 Å². The van der Waals surface area contributed by atoms with E-state index in [4.69, 9.17) is 15.2 Å². The SMILES string of the molecule is CCOC(=O)COc1cccc([C@H](C)N)c1. The first-order chi connectivity index (χ1) is 7.63. The monoisotopic (exact) mass is 223 g/mol. The fourth-order valence-corrected chi connectivity index (χ4v) is 1.23. The van der Waals surface area contributed by atoms with Crippen molar-refractivity contribution in [2.75, 3.05) is 13.2 Å². The van der Waals surface area contributed by atoms with Gasteiger partial charge in [0.1, 0.15) is 5.75 Å². The van der Waals surface area contributed by atoms with E-state index in [1.807, 2.05) is 25.1 Å². The minimum absolute atomic E-state index is 0.0499. The number of nitrogens with two attached hydrogens (primary N) is 1. The molecule has 1 aromatic carbocycles. The molecule has 0 aliphatic rings. The minimum atomic E-state index is -0.367. The zero-order chi connectivity index (χ0) is 12.0. The summed E-state index contributed by atoms with van der Waals surface area (Å²) in [7, 11) is 0. The summed E-state index contributed by atoms with van der Waals surface area (Å²) in [6, 6.07) is 7.32. The van der Waals surface area contributed by atoms with E-state index in [1.54, 1.807) is 13.0 Å². The highest BCUT2D eigenvalue weighted by Gasteiger charge is 2.04. The Labute approximate surface area is 95.3 Å². The van der Waals surface area contributed by atoms with Crippen molar-refractivity contribution in [3.05, 3.63) is 29.8 Å². The molecule has 0 aliphatic carbocycles. The highest BCUT2D eigenvalue weighted by molar-refractivity contribution is 5.71. The van der Waals surface area contributed by atoms with Crippen LogP contribution in [-0.4, -0.2) is 19.2 Å². The second-order valence-corrected chi connectivity index (χ2v) is 3.45. The van der Waals surface area contributed by atoms with Crippen LogP contribution in [0.4, 0.5) is 0 Å². The first kappa shape index (κ1) is 12.5. The summed E-state index contributed by atoms with van der Waals surface area (Å²) in [5.74, 6) is 0.261. The molecule has 0 unspecified atom stereocenters. The van der Waals surface area contributed by atoms with E-state index < -0.39 is 0 Å². The third kappa shape index (κ3) is 3.90. The van der Waals surface area contributed by atoms with Gasteiger partial charge in [0.25, 0.3) is 0 Å². The molecule has 0 amide bonds. The average molecular weight is 223 g/mol. The number of ether oxygens (including phenoxy) is 2. The van der Waals surface area contributed by atoms with Crippen LogP contribution in [-0.2, 0) is 9.53 Å². The van der Waals surface area contributed by atoms with E-state index >= 15 is 0 Å². The molecule has 88 valence electrons. The molecule has 0 heterocycles. The number of benzene rings is 1. The van der Waals surface area contributed by atoms with Crippen molar-refractivity contribution in [2.24, 2.45) is 5.73 Å². The summed E-state index contributed by atoms with van der Waals surface area (Å²) in [5.41, 5.74) is 6.71. The zero-order valence-electron chi connectivity index (χ0n) is 9.60. The van der Waals surface area contributed by atoms with E-state index in [1.165, 1.54) is 0 Å². The van der Waals surface area contributed by atoms with Gasteiger partial charge in [0.05, 0.1) is 6.61 Å². The summed E-state index contributed by atoms with van der Waals surface area (Å²) >= 11 is 0. The summed E-state index contributed by atoms with van der Waals surface area (Å²) < 4.78 is 10.0. The molecule has 16 heavy (non-hydrogen) atoms. The van der Waals surface area contributed by atoms with Gasteiger partial charge in [-0.15, -0.1) is 0 Å². The normalized spacial score (nSPS) is 11.9. The van der Waals surface area contributed by atoms with Gasteiger partial charge in [-0.3, -0.25) is 0 Å². The Morgan fingerprint density at radius 2 is 2.25 bits per heavy atom. The lowest BCUT2D eigenvalue weighted by Gasteiger charge is -2.09. The first-order valence-electron chi connectivity index (χ1n) is 5.27. The van der Waals surface area contributed by atoms with Gasteiger partial charge < -0.3 is 15.2 Å². The molecule has 0 saturated heterocycles. The molecule has 1 aromatic rings. The highest BCUT2D eigenvalue weighted by atomic mass is 16.6. The lowest BCUT2D eigenvalue weighted by Crippen LogP contribution is -2.14. The van der Waals surface area contributed by atoms with Crippen LogP contribution in [0.2, 0.25) is 0 Å². The molecular weight excluding hydrogens is 206 g/mol. The quantitative estimate of drug-likeness (QED) is 0.771. The maximum atomic E-state index is 11.1. The molecule has 0 fully saturated rings. The van der Waals surface area contributed by atoms with Gasteiger partial charge in [-0.25, -0.2) is 4.79 Å². The molecule has 0 spiro atoms. The fourth-order valence-electron chi connectivity index (χ4n) is 1.23. The summed E-state index contributed by atoms with van der Waals surface area (Å²) in [6.07, 6.45) is 0. The Morgan fingerprint density at radius 3 is 2.88 bits per heavy atom. The Morgan fingerprint density at radius 1 is 1.50 bits per heavy atom. The average Bonchev–Trinajstić information content (AvgIpc) is 2.27. The van der Waals surface area contributed by atoms with Gasteiger partial charge in [0, 0.05) is 6.04 Å². The molecule has 4 nitrogen and oxygen atoms in total. The molecule has 0 radical (unpaired) electrons. The lowest BCUT2D eigenvalue weighted by molar-refractivity contribution is -0.145. The molecular formula is C12H17NO3. The van der Waals surface area contributed by atoms with Crippen molar-refractivity contribution in [3.8, 4) is 5.75 Å².